The van der Waals surface area contributed by atoms with Crippen LogP contribution in [0.2, 0.25) is 10.0 Å². The zero-order valence-corrected chi connectivity index (χ0v) is 20.1. The summed E-state index contributed by atoms with van der Waals surface area (Å²) in [6.45, 7) is 1.93. The van der Waals surface area contributed by atoms with Gasteiger partial charge in [-0.3, -0.25) is 9.78 Å². The normalized spacial score (nSPS) is 11.9. The van der Waals surface area contributed by atoms with E-state index in [2.05, 4.69) is 17.2 Å². The molecule has 0 aliphatic carbocycles. The Hall–Kier alpha value is -3.28. The Morgan fingerprint density at radius 2 is 1.79 bits per heavy atom. The number of nitrogens with one attached hydrogen (secondary N) is 1. The Balaban J connectivity index is 1.62. The second-order valence-corrected chi connectivity index (χ2v) is 8.71. The minimum absolute atomic E-state index is 0.0716. The second kappa shape index (κ2) is 10.8. The van der Waals surface area contributed by atoms with Gasteiger partial charge in [0.25, 0.3) is 5.91 Å². The number of carbonyl (C=O) groups excluding carboxylic acids is 1. The molecule has 0 saturated carbocycles. The largest absolute Gasteiger partial charge is 0.505 e. The monoisotopic (exact) mass is 494 g/mol. The molecule has 0 aliphatic rings. The molecular weight excluding hydrogens is 471 g/mol. The van der Waals surface area contributed by atoms with Crippen molar-refractivity contribution < 1.29 is 14.6 Å². The molecule has 0 fully saturated rings. The molecule has 4 rings (SSSR count). The van der Waals surface area contributed by atoms with E-state index in [1.165, 1.54) is 5.56 Å². The third-order valence-electron chi connectivity index (χ3n) is 5.51. The molecule has 0 radical (unpaired) electrons. The van der Waals surface area contributed by atoms with Gasteiger partial charge in [-0.15, -0.1) is 0 Å². The predicted octanol–water partition coefficient (Wildman–Crippen LogP) is 6.48. The van der Waals surface area contributed by atoms with E-state index in [0.29, 0.717) is 37.8 Å². The molecule has 34 heavy (non-hydrogen) atoms. The van der Waals surface area contributed by atoms with E-state index in [0.717, 1.165) is 12.8 Å². The Morgan fingerprint density at radius 1 is 1.03 bits per heavy atom. The van der Waals surface area contributed by atoms with Gasteiger partial charge in [0, 0.05) is 22.2 Å². The number of carbonyl (C=O) groups is 1. The highest BCUT2D eigenvalue weighted by molar-refractivity contribution is 6.35. The summed E-state index contributed by atoms with van der Waals surface area (Å²) in [4.78, 5) is 17.2. The van der Waals surface area contributed by atoms with Crippen LogP contribution in [0.15, 0.2) is 72.9 Å². The van der Waals surface area contributed by atoms with Gasteiger partial charge in [-0.2, -0.15) is 0 Å². The second-order valence-electron chi connectivity index (χ2n) is 7.90. The molecule has 0 saturated heterocycles. The molecule has 0 bridgehead atoms. The van der Waals surface area contributed by atoms with E-state index in [1.807, 2.05) is 30.3 Å². The number of phenols is 1. The number of pyridine rings is 1. The molecule has 3 aromatic carbocycles. The summed E-state index contributed by atoms with van der Waals surface area (Å²) in [5.74, 6) is 0.155. The van der Waals surface area contributed by atoms with Crippen LogP contribution in [0.1, 0.15) is 36.1 Å². The lowest BCUT2D eigenvalue weighted by atomic mass is 9.96. The molecule has 174 valence electrons. The van der Waals surface area contributed by atoms with Gasteiger partial charge < -0.3 is 15.2 Å². The van der Waals surface area contributed by atoms with Crippen LogP contribution in [0.4, 0.5) is 0 Å². The van der Waals surface area contributed by atoms with E-state index in [1.54, 1.807) is 42.6 Å². The van der Waals surface area contributed by atoms with Crippen LogP contribution < -0.4 is 10.1 Å². The number of rotatable bonds is 8. The van der Waals surface area contributed by atoms with Gasteiger partial charge in [0.05, 0.1) is 11.1 Å². The van der Waals surface area contributed by atoms with Crippen molar-refractivity contribution in [2.45, 2.75) is 25.8 Å². The highest BCUT2D eigenvalue weighted by Gasteiger charge is 2.25. The summed E-state index contributed by atoms with van der Waals surface area (Å²) in [5, 5.41) is 15.4. The third kappa shape index (κ3) is 5.27. The maximum absolute atomic E-state index is 12.9. The number of ether oxygens (including phenoxy) is 1. The molecule has 7 heteroatoms. The highest BCUT2D eigenvalue weighted by Crippen LogP contribution is 2.39. The predicted molar refractivity (Wildman–Crippen MR) is 136 cm³/mol. The average molecular weight is 495 g/mol. The summed E-state index contributed by atoms with van der Waals surface area (Å²) in [7, 11) is 0. The smallest absolute Gasteiger partial charge is 0.258 e. The fourth-order valence-corrected chi connectivity index (χ4v) is 4.37. The topological polar surface area (TPSA) is 71.5 Å². The number of aromatic hydroxyl groups is 1. The Kier molecular flexibility index (Phi) is 7.56. The molecular formula is C27H24Cl2N2O3. The van der Waals surface area contributed by atoms with E-state index in [9.17, 15) is 9.90 Å². The van der Waals surface area contributed by atoms with Gasteiger partial charge in [0.1, 0.15) is 17.0 Å². The number of aryl methyl sites for hydroxylation is 1. The van der Waals surface area contributed by atoms with Crippen LogP contribution in [0.5, 0.6) is 11.5 Å². The Labute approximate surface area is 208 Å². The number of hydrogen-bond donors (Lipinski definition) is 2. The van der Waals surface area contributed by atoms with Crippen LogP contribution >= 0.6 is 23.2 Å². The van der Waals surface area contributed by atoms with Crippen molar-refractivity contribution in [2.24, 2.45) is 0 Å². The van der Waals surface area contributed by atoms with Gasteiger partial charge in [0.15, 0.2) is 6.61 Å². The van der Waals surface area contributed by atoms with Crippen LogP contribution in [-0.4, -0.2) is 22.6 Å². The standard InChI is InChI=1S/C27H24Cl2N2O3/c1-2-6-17-10-12-18(13-11-17)34-16-24(32)31-25(19-7-3-4-9-22(19)28)21-15-23(29)20-8-5-14-30-26(20)27(21)33/h3-5,7-15,25,33H,2,6,16H2,1H3,(H,31,32). The minimum Gasteiger partial charge on any atom is -0.505 e. The van der Waals surface area contributed by atoms with Gasteiger partial charge in [-0.25, -0.2) is 0 Å². The van der Waals surface area contributed by atoms with E-state index >= 15 is 0 Å². The first kappa shape index (κ1) is 23.9. The van der Waals surface area contributed by atoms with Crippen LogP contribution in [0.25, 0.3) is 10.9 Å². The van der Waals surface area contributed by atoms with Gasteiger partial charge in [-0.05, 0) is 53.9 Å². The number of aromatic nitrogens is 1. The molecule has 5 nitrogen and oxygen atoms in total. The van der Waals surface area contributed by atoms with Crippen molar-refractivity contribution >= 4 is 40.0 Å². The summed E-state index contributed by atoms with van der Waals surface area (Å²) >= 11 is 13.0. The van der Waals surface area contributed by atoms with Crippen molar-refractivity contribution in [2.75, 3.05) is 6.61 Å². The molecule has 1 atom stereocenters. The zero-order chi connectivity index (χ0) is 24.1. The first-order chi connectivity index (χ1) is 16.5. The molecule has 0 spiro atoms. The summed E-state index contributed by atoms with van der Waals surface area (Å²) < 4.78 is 5.68. The number of amides is 1. The van der Waals surface area contributed by atoms with Gasteiger partial charge >= 0.3 is 0 Å². The number of halogens is 2. The lowest BCUT2D eigenvalue weighted by molar-refractivity contribution is -0.123. The molecule has 1 aromatic heterocycles. The Morgan fingerprint density at radius 3 is 2.53 bits per heavy atom. The SMILES string of the molecule is CCCc1ccc(OCC(=O)NC(c2ccccc2Cl)c2cc(Cl)c3cccnc3c2O)cc1. The lowest BCUT2D eigenvalue weighted by Crippen LogP contribution is -2.33. The minimum atomic E-state index is -0.763. The van der Waals surface area contributed by atoms with Crippen molar-refractivity contribution in [3.63, 3.8) is 0 Å². The number of hydrogen-bond acceptors (Lipinski definition) is 4. The molecule has 0 aliphatic heterocycles. The van der Waals surface area contributed by atoms with Crippen molar-refractivity contribution in [3.05, 3.63) is 99.7 Å². The van der Waals surface area contributed by atoms with Crippen molar-refractivity contribution in [1.82, 2.24) is 10.3 Å². The molecule has 4 aromatic rings. The van der Waals surface area contributed by atoms with Crippen molar-refractivity contribution in [3.8, 4) is 11.5 Å². The number of nitrogens with zero attached hydrogens (tertiary/aromatic N) is 1. The fourth-order valence-electron chi connectivity index (χ4n) is 3.85. The van der Waals surface area contributed by atoms with Gasteiger partial charge in [-0.1, -0.05) is 66.9 Å². The van der Waals surface area contributed by atoms with E-state index in [4.69, 9.17) is 27.9 Å². The number of benzene rings is 3. The molecule has 2 N–H and O–H groups in total. The average Bonchev–Trinajstić information content (AvgIpc) is 2.85. The summed E-state index contributed by atoms with van der Waals surface area (Å²) in [5.41, 5.74) is 2.57. The zero-order valence-electron chi connectivity index (χ0n) is 18.6. The highest BCUT2D eigenvalue weighted by atomic mass is 35.5. The van der Waals surface area contributed by atoms with Crippen LogP contribution in [0, 0.1) is 0 Å². The summed E-state index contributed by atoms with van der Waals surface area (Å²) in [6, 6.07) is 19.2. The first-order valence-electron chi connectivity index (χ1n) is 11.0. The maximum Gasteiger partial charge on any atom is 0.258 e. The fraction of sp³-hybridized carbons (Fsp3) is 0.185. The Bertz CT molecular complexity index is 1310. The molecule has 1 unspecified atom stereocenters. The van der Waals surface area contributed by atoms with E-state index < -0.39 is 6.04 Å². The molecule has 1 heterocycles. The third-order valence-corrected chi connectivity index (χ3v) is 6.17. The van der Waals surface area contributed by atoms with Gasteiger partial charge in [0.2, 0.25) is 0 Å². The van der Waals surface area contributed by atoms with Crippen LogP contribution in [-0.2, 0) is 11.2 Å². The quantitative estimate of drug-likeness (QED) is 0.293. The van der Waals surface area contributed by atoms with E-state index in [-0.39, 0.29) is 18.3 Å². The number of phenolic OH excluding ortho intramolecular Hbond substituents is 1. The summed E-state index contributed by atoms with van der Waals surface area (Å²) in [6.07, 6.45) is 3.63. The van der Waals surface area contributed by atoms with Crippen LogP contribution in [0.3, 0.4) is 0 Å². The molecule has 1 amide bonds. The van der Waals surface area contributed by atoms with Crippen molar-refractivity contribution in [1.29, 1.82) is 0 Å². The first-order valence-corrected chi connectivity index (χ1v) is 11.7. The number of fused-ring (bicyclic) bond motifs is 1. The maximum atomic E-state index is 12.9. The lowest BCUT2D eigenvalue weighted by Gasteiger charge is -2.23.